The van der Waals surface area contributed by atoms with Crippen molar-refractivity contribution in [2.75, 3.05) is 25.0 Å². The van der Waals surface area contributed by atoms with Gasteiger partial charge in [-0.25, -0.2) is 0 Å². The number of hydrogen-bond donors (Lipinski definition) is 0. The Labute approximate surface area is 139 Å². The fourth-order valence-corrected chi connectivity index (χ4v) is 2.67. The van der Waals surface area contributed by atoms with Crippen molar-refractivity contribution < 1.29 is 9.47 Å². The van der Waals surface area contributed by atoms with E-state index in [4.69, 9.17) is 32.7 Å². The van der Waals surface area contributed by atoms with Crippen LogP contribution in [0.15, 0.2) is 48.5 Å². The van der Waals surface area contributed by atoms with Gasteiger partial charge in [0, 0.05) is 5.39 Å². The quantitative estimate of drug-likeness (QED) is 0.454. The van der Waals surface area contributed by atoms with E-state index in [9.17, 15) is 0 Å². The van der Waals surface area contributed by atoms with Gasteiger partial charge in [-0.3, -0.25) is 0 Å². The Bertz CT molecular complexity index is 786. The highest BCUT2D eigenvalue weighted by Crippen LogP contribution is 2.37. The molecule has 0 unspecified atom stereocenters. The molecule has 0 saturated carbocycles. The first-order valence-electron chi connectivity index (χ1n) is 7.16. The first kappa shape index (κ1) is 15.3. The fraction of sp³-hybridized carbons (Fsp3) is 0.222. The highest BCUT2D eigenvalue weighted by molar-refractivity contribution is 6.18. The normalized spacial score (nSPS) is 11.0. The zero-order valence-corrected chi connectivity index (χ0v) is 13.5. The van der Waals surface area contributed by atoms with Crippen LogP contribution in [0.2, 0.25) is 0 Å². The van der Waals surface area contributed by atoms with Gasteiger partial charge in [-0.15, -0.1) is 23.2 Å². The van der Waals surface area contributed by atoms with Crippen LogP contribution in [-0.4, -0.2) is 25.0 Å². The zero-order valence-electron chi connectivity index (χ0n) is 12.0. The van der Waals surface area contributed by atoms with E-state index in [2.05, 4.69) is 24.3 Å². The van der Waals surface area contributed by atoms with E-state index in [-0.39, 0.29) is 0 Å². The van der Waals surface area contributed by atoms with Crippen molar-refractivity contribution >= 4 is 44.7 Å². The minimum atomic E-state index is 0.429. The third-order valence-electron chi connectivity index (χ3n) is 3.46. The number of hydrogen-bond acceptors (Lipinski definition) is 2. The molecule has 0 amide bonds. The van der Waals surface area contributed by atoms with Crippen molar-refractivity contribution in [3.05, 3.63) is 48.5 Å². The van der Waals surface area contributed by atoms with Gasteiger partial charge in [0.1, 0.15) is 13.2 Å². The summed E-state index contributed by atoms with van der Waals surface area (Å²) in [6, 6.07) is 16.5. The first-order chi connectivity index (χ1) is 10.8. The Morgan fingerprint density at radius 3 is 2.14 bits per heavy atom. The number of rotatable bonds is 6. The van der Waals surface area contributed by atoms with Gasteiger partial charge in [0.05, 0.1) is 11.8 Å². The lowest BCUT2D eigenvalue weighted by Gasteiger charge is -2.15. The molecule has 0 N–H and O–H groups in total. The molecule has 22 heavy (non-hydrogen) atoms. The number of fused-ring (bicyclic) bond motifs is 2. The van der Waals surface area contributed by atoms with Crippen molar-refractivity contribution in [3.8, 4) is 11.5 Å². The number of benzene rings is 3. The van der Waals surface area contributed by atoms with Gasteiger partial charge in [-0.05, 0) is 34.4 Å². The van der Waals surface area contributed by atoms with Crippen LogP contribution in [-0.2, 0) is 0 Å². The molecule has 0 bridgehead atoms. The number of ether oxygens (including phenoxy) is 2. The lowest BCUT2D eigenvalue weighted by atomic mass is 10.0. The monoisotopic (exact) mass is 334 g/mol. The van der Waals surface area contributed by atoms with Crippen molar-refractivity contribution in [1.29, 1.82) is 0 Å². The van der Waals surface area contributed by atoms with Crippen LogP contribution in [0.25, 0.3) is 21.5 Å². The van der Waals surface area contributed by atoms with Crippen LogP contribution >= 0.6 is 23.2 Å². The summed E-state index contributed by atoms with van der Waals surface area (Å²) in [5.41, 5.74) is 0. The maximum atomic E-state index is 5.85. The minimum absolute atomic E-state index is 0.429. The zero-order chi connectivity index (χ0) is 15.4. The van der Waals surface area contributed by atoms with E-state index in [0.717, 1.165) is 16.5 Å². The molecule has 0 aliphatic heterocycles. The van der Waals surface area contributed by atoms with Crippen molar-refractivity contribution in [2.24, 2.45) is 0 Å². The Kier molecular flexibility index (Phi) is 4.91. The van der Waals surface area contributed by atoms with Crippen molar-refractivity contribution in [1.82, 2.24) is 0 Å². The minimum Gasteiger partial charge on any atom is -0.488 e. The van der Waals surface area contributed by atoms with Gasteiger partial charge < -0.3 is 9.47 Å². The number of alkyl halides is 2. The summed E-state index contributed by atoms with van der Waals surface area (Å²) in [5.74, 6) is 2.30. The van der Waals surface area contributed by atoms with Gasteiger partial charge in [0.25, 0.3) is 0 Å². The van der Waals surface area contributed by atoms with Crippen LogP contribution < -0.4 is 9.47 Å². The Hall–Kier alpha value is -1.64. The Morgan fingerprint density at radius 2 is 1.41 bits per heavy atom. The van der Waals surface area contributed by atoms with Crippen molar-refractivity contribution in [2.45, 2.75) is 0 Å². The molecule has 0 spiro atoms. The molecule has 0 aliphatic carbocycles. The number of halogens is 2. The standard InChI is InChI=1S/C18H16Cl2O2/c19-7-9-21-17-6-5-15-11-13-3-1-2-4-14(13)12-16(15)18(17)22-10-8-20/h1-6,11-12H,7-10H2. The van der Waals surface area contributed by atoms with Crippen LogP contribution in [0, 0.1) is 0 Å². The molecule has 0 aromatic heterocycles. The summed E-state index contributed by atoms with van der Waals surface area (Å²) in [4.78, 5) is 0. The third-order valence-corrected chi connectivity index (χ3v) is 3.77. The maximum Gasteiger partial charge on any atom is 0.169 e. The van der Waals surface area contributed by atoms with Crippen LogP contribution in [0.1, 0.15) is 0 Å². The predicted octanol–water partition coefficient (Wildman–Crippen LogP) is 5.23. The second-order valence-electron chi connectivity index (χ2n) is 4.89. The second kappa shape index (κ2) is 7.08. The summed E-state index contributed by atoms with van der Waals surface area (Å²) in [5, 5.41) is 4.50. The highest BCUT2D eigenvalue weighted by atomic mass is 35.5. The molecule has 3 aromatic rings. The average molecular weight is 335 g/mol. The van der Waals surface area contributed by atoms with Crippen LogP contribution in [0.5, 0.6) is 11.5 Å². The molecule has 3 aromatic carbocycles. The smallest absolute Gasteiger partial charge is 0.169 e. The Balaban J connectivity index is 2.17. The van der Waals surface area contributed by atoms with E-state index in [1.165, 1.54) is 10.8 Å². The summed E-state index contributed by atoms with van der Waals surface area (Å²) in [7, 11) is 0. The Morgan fingerprint density at radius 1 is 0.727 bits per heavy atom. The first-order valence-corrected chi connectivity index (χ1v) is 8.23. The molecule has 0 atom stereocenters. The molecule has 3 rings (SSSR count). The molecule has 0 aliphatic rings. The van der Waals surface area contributed by atoms with E-state index < -0.39 is 0 Å². The van der Waals surface area contributed by atoms with E-state index >= 15 is 0 Å². The summed E-state index contributed by atoms with van der Waals surface area (Å²) in [6.07, 6.45) is 0. The van der Waals surface area contributed by atoms with Gasteiger partial charge in [0.2, 0.25) is 0 Å². The summed E-state index contributed by atoms with van der Waals surface area (Å²) in [6.45, 7) is 0.878. The predicted molar refractivity (Wildman–Crippen MR) is 93.9 cm³/mol. The molecule has 4 heteroatoms. The van der Waals surface area contributed by atoms with E-state index in [0.29, 0.717) is 30.7 Å². The lowest BCUT2D eigenvalue weighted by molar-refractivity contribution is 0.293. The summed E-state index contributed by atoms with van der Waals surface area (Å²) < 4.78 is 11.5. The fourth-order valence-electron chi connectivity index (χ4n) is 2.52. The molecular formula is C18H16Cl2O2. The average Bonchev–Trinajstić information content (AvgIpc) is 2.56. The van der Waals surface area contributed by atoms with E-state index in [1.54, 1.807) is 0 Å². The summed E-state index contributed by atoms with van der Waals surface area (Å²) >= 11 is 11.5. The molecule has 0 fully saturated rings. The van der Waals surface area contributed by atoms with Gasteiger partial charge in [-0.1, -0.05) is 30.3 Å². The topological polar surface area (TPSA) is 18.5 Å². The molecule has 0 radical (unpaired) electrons. The lowest BCUT2D eigenvalue weighted by Crippen LogP contribution is -2.04. The van der Waals surface area contributed by atoms with E-state index in [1.807, 2.05) is 24.3 Å². The van der Waals surface area contributed by atoms with Gasteiger partial charge in [-0.2, -0.15) is 0 Å². The molecule has 0 saturated heterocycles. The SMILES string of the molecule is ClCCOc1ccc2cc3ccccc3cc2c1OCCCl. The van der Waals surface area contributed by atoms with Crippen molar-refractivity contribution in [3.63, 3.8) is 0 Å². The van der Waals surface area contributed by atoms with Crippen LogP contribution in [0.3, 0.4) is 0 Å². The molecule has 2 nitrogen and oxygen atoms in total. The second-order valence-corrected chi connectivity index (χ2v) is 5.64. The largest absolute Gasteiger partial charge is 0.488 e. The molecule has 114 valence electrons. The van der Waals surface area contributed by atoms with Gasteiger partial charge >= 0.3 is 0 Å². The maximum absolute atomic E-state index is 5.85. The third kappa shape index (κ3) is 3.08. The highest BCUT2D eigenvalue weighted by Gasteiger charge is 2.11. The molecular weight excluding hydrogens is 319 g/mol. The van der Waals surface area contributed by atoms with Gasteiger partial charge in [0.15, 0.2) is 11.5 Å². The molecule has 0 heterocycles. The van der Waals surface area contributed by atoms with Crippen LogP contribution in [0.4, 0.5) is 0 Å².